The van der Waals surface area contributed by atoms with E-state index in [0.717, 1.165) is 95.7 Å². The molecule has 7 nitrogen and oxygen atoms in total. The SMILES string of the molecule is CCCCN(CCCCCCCN)C(=O)CN1CC(c2ccc3c(c2)CCO3)CC1CCc1ncccn1. The van der Waals surface area contributed by atoms with Crippen molar-refractivity contribution in [3.63, 3.8) is 0 Å². The van der Waals surface area contributed by atoms with Crippen molar-refractivity contribution in [3.05, 3.63) is 53.6 Å². The van der Waals surface area contributed by atoms with E-state index in [-0.39, 0.29) is 5.91 Å². The van der Waals surface area contributed by atoms with E-state index in [4.69, 9.17) is 10.5 Å². The molecule has 4 rings (SSSR count). The molecule has 0 spiro atoms. The lowest BCUT2D eigenvalue weighted by atomic mass is 9.93. The van der Waals surface area contributed by atoms with E-state index in [1.54, 1.807) is 0 Å². The minimum Gasteiger partial charge on any atom is -0.493 e. The van der Waals surface area contributed by atoms with Crippen molar-refractivity contribution in [3.8, 4) is 5.75 Å². The molecular formula is C31H47N5O2. The Bertz CT molecular complexity index is 985. The highest BCUT2D eigenvalue weighted by Gasteiger charge is 2.35. The van der Waals surface area contributed by atoms with Gasteiger partial charge < -0.3 is 15.4 Å². The average Bonchev–Trinajstić information content (AvgIpc) is 3.58. The van der Waals surface area contributed by atoms with Gasteiger partial charge in [0.05, 0.1) is 13.2 Å². The first kappa shape index (κ1) is 28.5. The number of nitrogens with zero attached hydrogens (tertiary/aromatic N) is 4. The number of hydrogen-bond acceptors (Lipinski definition) is 6. The van der Waals surface area contributed by atoms with Crippen molar-refractivity contribution in [2.24, 2.45) is 5.73 Å². The van der Waals surface area contributed by atoms with Crippen molar-refractivity contribution >= 4 is 5.91 Å². The van der Waals surface area contributed by atoms with Gasteiger partial charge in [-0.3, -0.25) is 9.69 Å². The predicted molar refractivity (Wildman–Crippen MR) is 152 cm³/mol. The van der Waals surface area contributed by atoms with Gasteiger partial charge in [0.2, 0.25) is 5.91 Å². The van der Waals surface area contributed by atoms with Crippen molar-refractivity contribution in [1.29, 1.82) is 0 Å². The molecule has 2 aliphatic rings. The van der Waals surface area contributed by atoms with Crippen LogP contribution in [0, 0.1) is 0 Å². The number of unbranched alkanes of at least 4 members (excludes halogenated alkanes) is 5. The van der Waals surface area contributed by atoms with Crippen molar-refractivity contribution < 1.29 is 9.53 Å². The third-order valence-electron chi connectivity index (χ3n) is 8.14. The van der Waals surface area contributed by atoms with E-state index in [1.807, 2.05) is 18.5 Å². The average molecular weight is 522 g/mol. The van der Waals surface area contributed by atoms with Crippen LogP contribution in [0.1, 0.15) is 87.6 Å². The molecule has 2 atom stereocenters. The molecule has 2 aromatic rings. The monoisotopic (exact) mass is 521 g/mol. The summed E-state index contributed by atoms with van der Waals surface area (Å²) in [7, 11) is 0. The fourth-order valence-corrected chi connectivity index (χ4v) is 5.90. The molecule has 1 saturated heterocycles. The first-order chi connectivity index (χ1) is 18.7. The minimum absolute atomic E-state index is 0.282. The number of ether oxygens (including phenoxy) is 1. The van der Waals surface area contributed by atoms with Crippen molar-refractivity contribution in [1.82, 2.24) is 19.8 Å². The first-order valence-corrected chi connectivity index (χ1v) is 14.9. The summed E-state index contributed by atoms with van der Waals surface area (Å²) in [4.78, 5) is 27.1. The Labute approximate surface area is 229 Å². The topological polar surface area (TPSA) is 84.6 Å². The van der Waals surface area contributed by atoms with Crippen LogP contribution in [0.3, 0.4) is 0 Å². The first-order valence-electron chi connectivity index (χ1n) is 14.9. The zero-order valence-corrected chi connectivity index (χ0v) is 23.3. The summed E-state index contributed by atoms with van der Waals surface area (Å²) in [5.41, 5.74) is 8.33. The Balaban J connectivity index is 1.40. The number of hydrogen-bond donors (Lipinski definition) is 1. The van der Waals surface area contributed by atoms with Crippen LogP contribution < -0.4 is 10.5 Å². The molecule has 1 amide bonds. The number of benzene rings is 1. The lowest BCUT2D eigenvalue weighted by molar-refractivity contribution is -0.132. The van der Waals surface area contributed by atoms with Gasteiger partial charge in [-0.05, 0) is 67.8 Å². The quantitative estimate of drug-likeness (QED) is 0.321. The lowest BCUT2D eigenvalue weighted by Gasteiger charge is -2.28. The predicted octanol–water partition coefficient (Wildman–Crippen LogP) is 4.74. The van der Waals surface area contributed by atoms with E-state index >= 15 is 0 Å². The van der Waals surface area contributed by atoms with Crippen LogP contribution in [0.5, 0.6) is 5.75 Å². The van der Waals surface area contributed by atoms with Gasteiger partial charge in [-0.1, -0.05) is 44.7 Å². The number of carbonyl (C=O) groups is 1. The molecule has 3 heterocycles. The van der Waals surface area contributed by atoms with Gasteiger partial charge in [0.15, 0.2) is 0 Å². The minimum atomic E-state index is 0.282. The molecule has 0 radical (unpaired) electrons. The fraction of sp³-hybridized carbons (Fsp3) is 0.645. The molecule has 0 bridgehead atoms. The molecule has 38 heavy (non-hydrogen) atoms. The second kappa shape index (κ2) is 15.2. The Morgan fingerprint density at radius 2 is 1.89 bits per heavy atom. The molecule has 0 aliphatic carbocycles. The summed E-state index contributed by atoms with van der Waals surface area (Å²) >= 11 is 0. The summed E-state index contributed by atoms with van der Waals surface area (Å²) in [6.45, 7) is 6.91. The highest BCUT2D eigenvalue weighted by molar-refractivity contribution is 5.78. The summed E-state index contributed by atoms with van der Waals surface area (Å²) < 4.78 is 5.74. The third-order valence-corrected chi connectivity index (χ3v) is 8.14. The molecule has 208 valence electrons. The van der Waals surface area contributed by atoms with Gasteiger partial charge in [-0.15, -0.1) is 0 Å². The summed E-state index contributed by atoms with van der Waals surface area (Å²) in [6, 6.07) is 8.92. The maximum absolute atomic E-state index is 13.6. The number of carbonyl (C=O) groups excluding carboxylic acids is 1. The number of nitrogens with two attached hydrogens (primary N) is 1. The Kier molecular flexibility index (Phi) is 11.4. The van der Waals surface area contributed by atoms with Crippen molar-refractivity contribution in [2.45, 2.75) is 89.5 Å². The van der Waals surface area contributed by atoms with Gasteiger partial charge >= 0.3 is 0 Å². The molecule has 0 saturated carbocycles. The highest BCUT2D eigenvalue weighted by Crippen LogP contribution is 2.36. The molecule has 2 N–H and O–H groups in total. The van der Waals surface area contributed by atoms with Crippen molar-refractivity contribution in [2.75, 3.05) is 39.3 Å². The number of fused-ring (bicyclic) bond motifs is 1. The van der Waals surface area contributed by atoms with E-state index < -0.39 is 0 Å². The number of aryl methyl sites for hydroxylation is 1. The largest absolute Gasteiger partial charge is 0.493 e. The van der Waals surface area contributed by atoms with E-state index in [0.29, 0.717) is 18.5 Å². The number of amides is 1. The maximum Gasteiger partial charge on any atom is 0.236 e. The van der Waals surface area contributed by atoms with E-state index in [1.165, 1.54) is 30.4 Å². The molecule has 1 aromatic heterocycles. The Morgan fingerprint density at radius 1 is 1.11 bits per heavy atom. The van der Waals surface area contributed by atoms with Gasteiger partial charge in [0, 0.05) is 50.9 Å². The second-order valence-electron chi connectivity index (χ2n) is 11.0. The third kappa shape index (κ3) is 8.24. The molecule has 7 heteroatoms. The van der Waals surface area contributed by atoms with Crippen LogP contribution >= 0.6 is 0 Å². The smallest absolute Gasteiger partial charge is 0.236 e. The van der Waals surface area contributed by atoms with E-state index in [2.05, 4.69) is 44.9 Å². The normalized spacial score (nSPS) is 18.9. The summed E-state index contributed by atoms with van der Waals surface area (Å²) in [5, 5.41) is 0. The Morgan fingerprint density at radius 3 is 2.71 bits per heavy atom. The zero-order valence-electron chi connectivity index (χ0n) is 23.3. The van der Waals surface area contributed by atoms with E-state index in [9.17, 15) is 4.79 Å². The lowest BCUT2D eigenvalue weighted by Crippen LogP contribution is -2.43. The van der Waals surface area contributed by atoms with Crippen LogP contribution in [0.4, 0.5) is 0 Å². The summed E-state index contributed by atoms with van der Waals surface area (Å²) in [6.07, 6.45) is 15.4. The highest BCUT2D eigenvalue weighted by atomic mass is 16.5. The standard InChI is InChI=1S/C31H47N5O2/c1-2-3-18-35(19-8-6-4-5-7-15-32)31(37)24-36-23-27(25-10-12-29-26(21-25)14-20-38-29)22-28(36)11-13-30-33-16-9-17-34-30/h9-10,12,16-17,21,27-28H,2-8,11,13-15,18-20,22-24,32H2,1H3. The molecule has 1 aromatic carbocycles. The van der Waals surface area contributed by atoms with Crippen LogP contribution in [0.2, 0.25) is 0 Å². The fourth-order valence-electron chi connectivity index (χ4n) is 5.90. The van der Waals surface area contributed by atoms with Gasteiger partial charge in [-0.2, -0.15) is 0 Å². The van der Waals surface area contributed by atoms with Crippen LogP contribution in [0.25, 0.3) is 0 Å². The Hall–Kier alpha value is -2.51. The van der Waals surface area contributed by atoms with Gasteiger partial charge in [0.25, 0.3) is 0 Å². The number of rotatable bonds is 16. The molecule has 2 aliphatic heterocycles. The molecule has 2 unspecified atom stereocenters. The van der Waals surface area contributed by atoms with Gasteiger partial charge in [0.1, 0.15) is 11.6 Å². The van der Waals surface area contributed by atoms with Gasteiger partial charge in [-0.25, -0.2) is 9.97 Å². The van der Waals surface area contributed by atoms with Crippen LogP contribution in [-0.4, -0.2) is 71.0 Å². The van der Waals surface area contributed by atoms with Crippen LogP contribution in [-0.2, 0) is 17.6 Å². The number of likely N-dealkylation sites (tertiary alicyclic amines) is 1. The van der Waals surface area contributed by atoms with Crippen LogP contribution in [0.15, 0.2) is 36.7 Å². The molecule has 1 fully saturated rings. The maximum atomic E-state index is 13.6. The molecular weight excluding hydrogens is 474 g/mol. The summed E-state index contributed by atoms with van der Waals surface area (Å²) in [5.74, 6) is 2.63. The zero-order chi connectivity index (χ0) is 26.6. The number of aromatic nitrogens is 2. The second-order valence-corrected chi connectivity index (χ2v) is 11.0.